The molecule has 0 aliphatic heterocycles. The van der Waals surface area contributed by atoms with Crippen molar-refractivity contribution < 1.29 is 4.79 Å². The van der Waals surface area contributed by atoms with Crippen LogP contribution in [0.4, 0.5) is 0 Å². The molecule has 3 N–H and O–H groups in total. The van der Waals surface area contributed by atoms with Crippen LogP contribution in [-0.2, 0) is 4.79 Å². The van der Waals surface area contributed by atoms with E-state index in [1.54, 1.807) is 0 Å². The largest absolute Gasteiger partial charge is 0.355 e. The van der Waals surface area contributed by atoms with Crippen LogP contribution in [-0.4, -0.2) is 37.0 Å². The summed E-state index contributed by atoms with van der Waals surface area (Å²) in [5.74, 6) is 0.0303. The Hall–Kier alpha value is -1.39. The summed E-state index contributed by atoms with van der Waals surface area (Å²) in [6, 6.07) is 8.31. The van der Waals surface area contributed by atoms with E-state index in [0.717, 1.165) is 5.56 Å². The first kappa shape index (κ1) is 15.7. The van der Waals surface area contributed by atoms with Gasteiger partial charge in [-0.2, -0.15) is 0 Å². The minimum absolute atomic E-state index is 0.0303. The van der Waals surface area contributed by atoms with Gasteiger partial charge in [-0.1, -0.05) is 29.8 Å². The lowest BCUT2D eigenvalue weighted by Gasteiger charge is -2.31. The highest BCUT2D eigenvalue weighted by molar-refractivity contribution is 5.77. The molecule has 0 saturated carbocycles. The number of carbonyl (C=O) groups excluding carboxylic acids is 1. The van der Waals surface area contributed by atoms with Gasteiger partial charge in [0.25, 0.3) is 0 Å². The van der Waals surface area contributed by atoms with Crippen LogP contribution in [0.1, 0.15) is 31.0 Å². The maximum absolute atomic E-state index is 11.7. The van der Waals surface area contributed by atoms with Gasteiger partial charge in [0.1, 0.15) is 0 Å². The third kappa shape index (κ3) is 4.65. The molecule has 0 aromatic heterocycles. The second-order valence-electron chi connectivity index (χ2n) is 5.08. The Morgan fingerprint density at radius 3 is 2.42 bits per heavy atom. The summed E-state index contributed by atoms with van der Waals surface area (Å²) in [5.41, 5.74) is 8.45. The molecule has 2 unspecified atom stereocenters. The van der Waals surface area contributed by atoms with Gasteiger partial charge < -0.3 is 11.1 Å². The fraction of sp³-hybridized carbons (Fsp3) is 0.533. The van der Waals surface area contributed by atoms with E-state index in [4.69, 9.17) is 5.73 Å². The predicted octanol–water partition coefficient (Wildman–Crippen LogP) is 1.45. The molecule has 1 rings (SSSR count). The maximum Gasteiger partial charge on any atom is 0.234 e. The fourth-order valence-corrected chi connectivity index (χ4v) is 2.30. The van der Waals surface area contributed by atoms with E-state index in [2.05, 4.69) is 36.5 Å². The van der Waals surface area contributed by atoms with Crippen LogP contribution in [0.2, 0.25) is 0 Å². The quantitative estimate of drug-likeness (QED) is 0.817. The zero-order valence-electron chi connectivity index (χ0n) is 12.3. The van der Waals surface area contributed by atoms with E-state index in [-0.39, 0.29) is 18.0 Å². The molecule has 1 aromatic carbocycles. The molecule has 0 fully saturated rings. The average Bonchev–Trinajstić information content (AvgIpc) is 2.31. The molecule has 1 amide bonds. The van der Waals surface area contributed by atoms with Crippen LogP contribution in [0.25, 0.3) is 0 Å². The normalized spacial score (nSPS) is 14.2. The van der Waals surface area contributed by atoms with Crippen LogP contribution in [0.15, 0.2) is 24.3 Å². The highest BCUT2D eigenvalue weighted by atomic mass is 16.2. The van der Waals surface area contributed by atoms with Crippen molar-refractivity contribution >= 4 is 5.91 Å². The first-order valence-corrected chi connectivity index (χ1v) is 6.74. The summed E-state index contributed by atoms with van der Waals surface area (Å²) in [4.78, 5) is 13.7. The zero-order chi connectivity index (χ0) is 14.4. The third-order valence-electron chi connectivity index (χ3n) is 3.16. The van der Waals surface area contributed by atoms with Crippen LogP contribution >= 0.6 is 0 Å². The van der Waals surface area contributed by atoms with Gasteiger partial charge in [0.05, 0.1) is 6.54 Å². The number of hydrogen-bond acceptors (Lipinski definition) is 3. The van der Waals surface area contributed by atoms with Gasteiger partial charge in [-0.05, 0) is 33.4 Å². The molecule has 0 bridgehead atoms. The van der Waals surface area contributed by atoms with Gasteiger partial charge in [0, 0.05) is 18.6 Å². The van der Waals surface area contributed by atoms with Gasteiger partial charge in [-0.15, -0.1) is 0 Å². The van der Waals surface area contributed by atoms with Gasteiger partial charge in [-0.3, -0.25) is 9.69 Å². The number of benzene rings is 1. The van der Waals surface area contributed by atoms with Crippen molar-refractivity contribution in [3.05, 3.63) is 35.4 Å². The summed E-state index contributed by atoms with van der Waals surface area (Å²) in [6.07, 6.45) is 0. The van der Waals surface area contributed by atoms with Gasteiger partial charge in [-0.25, -0.2) is 0 Å². The smallest absolute Gasteiger partial charge is 0.234 e. The predicted molar refractivity (Wildman–Crippen MR) is 78.9 cm³/mol. The molecule has 2 atom stereocenters. The van der Waals surface area contributed by atoms with Crippen LogP contribution < -0.4 is 11.1 Å². The van der Waals surface area contributed by atoms with Crippen molar-refractivity contribution in [2.24, 2.45) is 5.73 Å². The average molecular weight is 263 g/mol. The summed E-state index contributed by atoms with van der Waals surface area (Å²) in [6.45, 7) is 6.96. The molecule has 4 nitrogen and oxygen atoms in total. The van der Waals surface area contributed by atoms with E-state index in [9.17, 15) is 4.79 Å². The second-order valence-corrected chi connectivity index (χ2v) is 5.08. The number of nitrogens with zero attached hydrogens (tertiary/aromatic N) is 1. The third-order valence-corrected chi connectivity index (χ3v) is 3.16. The van der Waals surface area contributed by atoms with Crippen LogP contribution in [0, 0.1) is 6.92 Å². The Bertz CT molecular complexity index is 400. The first-order chi connectivity index (χ1) is 8.95. The Kier molecular flexibility index (Phi) is 5.99. The van der Waals surface area contributed by atoms with E-state index >= 15 is 0 Å². The number of rotatable bonds is 6. The maximum atomic E-state index is 11.7. The van der Waals surface area contributed by atoms with Crippen molar-refractivity contribution in [3.63, 3.8) is 0 Å². The highest BCUT2D eigenvalue weighted by Crippen LogP contribution is 2.22. The molecule has 0 saturated heterocycles. The Morgan fingerprint density at radius 1 is 1.37 bits per heavy atom. The molecule has 19 heavy (non-hydrogen) atoms. The molecule has 1 aromatic rings. The molecule has 0 heterocycles. The SMILES string of the molecule is CCNC(=O)CN(C)C(c1ccc(C)cc1)C(C)N. The molecular weight excluding hydrogens is 238 g/mol. The number of carbonyl (C=O) groups is 1. The highest BCUT2D eigenvalue weighted by Gasteiger charge is 2.22. The summed E-state index contributed by atoms with van der Waals surface area (Å²) in [7, 11) is 1.93. The van der Waals surface area contributed by atoms with Gasteiger partial charge in [0.2, 0.25) is 5.91 Å². The zero-order valence-corrected chi connectivity index (χ0v) is 12.3. The lowest BCUT2D eigenvalue weighted by atomic mass is 9.98. The van der Waals surface area contributed by atoms with Crippen LogP contribution in [0.3, 0.4) is 0 Å². The van der Waals surface area contributed by atoms with Gasteiger partial charge >= 0.3 is 0 Å². The number of nitrogens with two attached hydrogens (primary N) is 1. The van der Waals surface area contributed by atoms with Crippen LogP contribution in [0.5, 0.6) is 0 Å². The lowest BCUT2D eigenvalue weighted by Crippen LogP contribution is -2.42. The molecule has 0 aliphatic carbocycles. The Balaban J connectivity index is 2.82. The number of nitrogens with one attached hydrogen (secondary N) is 1. The van der Waals surface area contributed by atoms with Crippen molar-refractivity contribution in [2.75, 3.05) is 20.1 Å². The van der Waals surface area contributed by atoms with Crippen molar-refractivity contribution in [3.8, 4) is 0 Å². The molecule has 0 aliphatic rings. The molecular formula is C15H25N3O. The van der Waals surface area contributed by atoms with E-state index < -0.39 is 0 Å². The summed E-state index contributed by atoms with van der Waals surface area (Å²) in [5, 5.41) is 2.81. The monoisotopic (exact) mass is 263 g/mol. The molecule has 0 radical (unpaired) electrons. The summed E-state index contributed by atoms with van der Waals surface area (Å²) < 4.78 is 0. The molecule has 106 valence electrons. The topological polar surface area (TPSA) is 58.4 Å². The molecule has 0 spiro atoms. The summed E-state index contributed by atoms with van der Waals surface area (Å²) >= 11 is 0. The Morgan fingerprint density at radius 2 is 1.95 bits per heavy atom. The number of amides is 1. The fourth-order valence-electron chi connectivity index (χ4n) is 2.30. The van der Waals surface area contributed by atoms with Crippen molar-refractivity contribution in [2.45, 2.75) is 32.9 Å². The minimum atomic E-state index is -0.0397. The van der Waals surface area contributed by atoms with E-state index in [1.165, 1.54) is 5.56 Å². The van der Waals surface area contributed by atoms with Gasteiger partial charge in [0.15, 0.2) is 0 Å². The standard InChI is InChI=1S/C15H25N3O/c1-5-17-14(19)10-18(4)15(12(3)16)13-8-6-11(2)7-9-13/h6-9,12,15H,5,10,16H2,1-4H3,(H,17,19). The van der Waals surface area contributed by atoms with E-state index in [0.29, 0.717) is 13.1 Å². The molecule has 4 heteroatoms. The Labute approximate surface area is 116 Å². The number of hydrogen-bond donors (Lipinski definition) is 2. The van der Waals surface area contributed by atoms with Crippen molar-refractivity contribution in [1.82, 2.24) is 10.2 Å². The minimum Gasteiger partial charge on any atom is -0.355 e. The second kappa shape index (κ2) is 7.26. The number of aryl methyl sites for hydroxylation is 1. The lowest BCUT2D eigenvalue weighted by molar-refractivity contribution is -0.122. The van der Waals surface area contributed by atoms with Crippen molar-refractivity contribution in [1.29, 1.82) is 0 Å². The number of likely N-dealkylation sites (N-methyl/N-ethyl adjacent to an activating group) is 2. The first-order valence-electron chi connectivity index (χ1n) is 6.74. The van der Waals surface area contributed by atoms with E-state index in [1.807, 2.05) is 25.8 Å².